The summed E-state index contributed by atoms with van der Waals surface area (Å²) in [5.74, 6) is 0.180. The highest BCUT2D eigenvalue weighted by molar-refractivity contribution is 7.98. The van der Waals surface area contributed by atoms with E-state index >= 15 is 0 Å². The third-order valence-corrected chi connectivity index (χ3v) is 4.79. The molecule has 0 aromatic heterocycles. The summed E-state index contributed by atoms with van der Waals surface area (Å²) in [6.07, 6.45) is 2.09. The molecule has 2 aromatic carbocycles. The van der Waals surface area contributed by atoms with Gasteiger partial charge in [0.2, 0.25) is 5.91 Å². The Kier molecular flexibility index (Phi) is 4.80. The Bertz CT molecular complexity index is 645. The standard InChI is InChI=1S/C18H20N2OS/c1-22-17-10-6-5-7-15(17)13-19-11-12-20(18(21)14-19)16-8-3-2-4-9-16/h2-10H,11-14H2,1H3. The highest BCUT2D eigenvalue weighted by atomic mass is 32.2. The zero-order valence-electron chi connectivity index (χ0n) is 12.7. The van der Waals surface area contributed by atoms with Gasteiger partial charge < -0.3 is 4.90 Å². The molecule has 114 valence electrons. The lowest BCUT2D eigenvalue weighted by molar-refractivity contribution is -0.121. The van der Waals surface area contributed by atoms with E-state index in [9.17, 15) is 4.79 Å². The number of benzene rings is 2. The highest BCUT2D eigenvalue weighted by Gasteiger charge is 2.25. The molecule has 0 N–H and O–H groups in total. The topological polar surface area (TPSA) is 23.6 Å². The first kappa shape index (κ1) is 15.1. The van der Waals surface area contributed by atoms with Crippen molar-refractivity contribution in [2.75, 3.05) is 30.8 Å². The van der Waals surface area contributed by atoms with Crippen LogP contribution in [0.15, 0.2) is 59.5 Å². The number of hydrogen-bond acceptors (Lipinski definition) is 3. The summed E-state index contributed by atoms with van der Waals surface area (Å²) < 4.78 is 0. The highest BCUT2D eigenvalue weighted by Crippen LogP contribution is 2.23. The molecule has 3 rings (SSSR count). The summed E-state index contributed by atoms with van der Waals surface area (Å²) in [6.45, 7) is 2.98. The van der Waals surface area contributed by atoms with Crippen molar-refractivity contribution < 1.29 is 4.79 Å². The third kappa shape index (κ3) is 3.34. The van der Waals surface area contributed by atoms with Crippen molar-refractivity contribution in [2.45, 2.75) is 11.4 Å². The normalized spacial score (nSPS) is 16.0. The molecule has 1 fully saturated rings. The lowest BCUT2D eigenvalue weighted by Gasteiger charge is -2.34. The predicted molar refractivity (Wildman–Crippen MR) is 92.3 cm³/mol. The molecule has 1 saturated heterocycles. The smallest absolute Gasteiger partial charge is 0.241 e. The number of amides is 1. The summed E-state index contributed by atoms with van der Waals surface area (Å²) in [5.41, 5.74) is 2.30. The molecular formula is C18H20N2OS. The van der Waals surface area contributed by atoms with Crippen LogP contribution in [0.4, 0.5) is 5.69 Å². The van der Waals surface area contributed by atoms with Crippen molar-refractivity contribution in [1.82, 2.24) is 4.90 Å². The van der Waals surface area contributed by atoms with Gasteiger partial charge in [0.15, 0.2) is 0 Å². The van der Waals surface area contributed by atoms with E-state index in [0.717, 1.165) is 25.3 Å². The number of carbonyl (C=O) groups is 1. The monoisotopic (exact) mass is 312 g/mol. The molecule has 1 amide bonds. The average Bonchev–Trinajstić information content (AvgIpc) is 2.56. The number of hydrogen-bond donors (Lipinski definition) is 0. The maximum Gasteiger partial charge on any atom is 0.241 e. The van der Waals surface area contributed by atoms with E-state index in [1.807, 2.05) is 35.2 Å². The quantitative estimate of drug-likeness (QED) is 0.810. The van der Waals surface area contributed by atoms with E-state index in [4.69, 9.17) is 0 Å². The average molecular weight is 312 g/mol. The maximum atomic E-state index is 12.4. The fourth-order valence-corrected chi connectivity index (χ4v) is 3.42. The summed E-state index contributed by atoms with van der Waals surface area (Å²) in [6, 6.07) is 18.3. The van der Waals surface area contributed by atoms with E-state index in [2.05, 4.69) is 35.4 Å². The first-order valence-corrected chi connectivity index (χ1v) is 8.70. The molecule has 0 unspecified atom stereocenters. The number of anilines is 1. The molecule has 1 heterocycles. The minimum absolute atomic E-state index is 0.180. The van der Waals surface area contributed by atoms with Crippen molar-refractivity contribution in [3.8, 4) is 0 Å². The summed E-state index contributed by atoms with van der Waals surface area (Å²) in [5, 5.41) is 0. The zero-order chi connectivity index (χ0) is 15.4. The van der Waals surface area contributed by atoms with Crippen molar-refractivity contribution >= 4 is 23.4 Å². The van der Waals surface area contributed by atoms with Crippen molar-refractivity contribution in [2.24, 2.45) is 0 Å². The number of rotatable bonds is 4. The van der Waals surface area contributed by atoms with Gasteiger partial charge in [-0.2, -0.15) is 0 Å². The largest absolute Gasteiger partial charge is 0.310 e. The Morgan fingerprint density at radius 2 is 1.73 bits per heavy atom. The molecule has 0 bridgehead atoms. The van der Waals surface area contributed by atoms with Gasteiger partial charge in [0.05, 0.1) is 6.54 Å². The summed E-state index contributed by atoms with van der Waals surface area (Å²) in [7, 11) is 0. The molecular weight excluding hydrogens is 292 g/mol. The van der Waals surface area contributed by atoms with E-state index in [0.29, 0.717) is 6.54 Å². The van der Waals surface area contributed by atoms with Gasteiger partial charge >= 0.3 is 0 Å². The minimum Gasteiger partial charge on any atom is -0.310 e. The van der Waals surface area contributed by atoms with Crippen LogP contribution < -0.4 is 4.90 Å². The Morgan fingerprint density at radius 1 is 1.00 bits per heavy atom. The Hall–Kier alpha value is -1.78. The molecule has 0 aliphatic carbocycles. The van der Waals surface area contributed by atoms with Crippen LogP contribution in [0.25, 0.3) is 0 Å². The van der Waals surface area contributed by atoms with Crippen molar-refractivity contribution in [1.29, 1.82) is 0 Å². The van der Waals surface area contributed by atoms with E-state index in [-0.39, 0.29) is 5.91 Å². The molecule has 0 saturated carbocycles. The van der Waals surface area contributed by atoms with Crippen LogP contribution in [0.1, 0.15) is 5.56 Å². The first-order chi connectivity index (χ1) is 10.8. The van der Waals surface area contributed by atoms with E-state index < -0.39 is 0 Å². The van der Waals surface area contributed by atoms with Crippen LogP contribution in [-0.2, 0) is 11.3 Å². The van der Waals surface area contributed by atoms with Crippen LogP contribution in [0.5, 0.6) is 0 Å². The molecule has 2 aromatic rings. The van der Waals surface area contributed by atoms with Gasteiger partial charge in [-0.3, -0.25) is 9.69 Å². The number of carbonyl (C=O) groups excluding carboxylic acids is 1. The SMILES string of the molecule is CSc1ccccc1CN1CCN(c2ccccc2)C(=O)C1. The van der Waals surface area contributed by atoms with Gasteiger partial charge in [-0.25, -0.2) is 0 Å². The van der Waals surface area contributed by atoms with Crippen molar-refractivity contribution in [3.05, 3.63) is 60.2 Å². The second-order valence-electron chi connectivity index (χ2n) is 5.40. The third-order valence-electron chi connectivity index (χ3n) is 3.95. The minimum atomic E-state index is 0.180. The van der Waals surface area contributed by atoms with Crippen LogP contribution in [0.3, 0.4) is 0 Å². The molecule has 1 aliphatic heterocycles. The van der Waals surface area contributed by atoms with Gasteiger partial charge in [-0.05, 0) is 30.0 Å². The van der Waals surface area contributed by atoms with Crippen LogP contribution in [0, 0.1) is 0 Å². The number of thioether (sulfide) groups is 1. The Labute approximate surface area is 135 Å². The van der Waals surface area contributed by atoms with Gasteiger partial charge in [0.1, 0.15) is 0 Å². The second-order valence-corrected chi connectivity index (χ2v) is 6.25. The van der Waals surface area contributed by atoms with Crippen LogP contribution in [-0.4, -0.2) is 36.7 Å². The van der Waals surface area contributed by atoms with Gasteiger partial charge in [-0.1, -0.05) is 36.4 Å². The molecule has 4 heteroatoms. The predicted octanol–water partition coefficient (Wildman–Crippen LogP) is 3.26. The summed E-state index contributed by atoms with van der Waals surface area (Å²) in [4.78, 5) is 17.8. The molecule has 0 radical (unpaired) electrons. The van der Waals surface area contributed by atoms with E-state index in [1.54, 1.807) is 11.8 Å². The molecule has 22 heavy (non-hydrogen) atoms. The maximum absolute atomic E-state index is 12.4. The van der Waals surface area contributed by atoms with Crippen molar-refractivity contribution in [3.63, 3.8) is 0 Å². The van der Waals surface area contributed by atoms with Gasteiger partial charge in [-0.15, -0.1) is 11.8 Å². The molecule has 0 spiro atoms. The van der Waals surface area contributed by atoms with Crippen LogP contribution in [0.2, 0.25) is 0 Å². The summed E-state index contributed by atoms with van der Waals surface area (Å²) >= 11 is 1.76. The Morgan fingerprint density at radius 3 is 2.45 bits per heavy atom. The van der Waals surface area contributed by atoms with Crippen LogP contribution >= 0.6 is 11.8 Å². The molecule has 0 atom stereocenters. The number of piperazine rings is 1. The molecule has 1 aliphatic rings. The van der Waals surface area contributed by atoms with E-state index in [1.165, 1.54) is 10.5 Å². The molecule has 3 nitrogen and oxygen atoms in total. The fraction of sp³-hybridized carbons (Fsp3) is 0.278. The van der Waals surface area contributed by atoms with Gasteiger partial charge in [0, 0.05) is 30.2 Å². The number of para-hydroxylation sites is 1. The van der Waals surface area contributed by atoms with Gasteiger partial charge in [0.25, 0.3) is 0 Å². The lowest BCUT2D eigenvalue weighted by Crippen LogP contribution is -2.50. The first-order valence-electron chi connectivity index (χ1n) is 7.47. The second kappa shape index (κ2) is 6.99. The lowest BCUT2D eigenvalue weighted by atomic mass is 10.2. The zero-order valence-corrected chi connectivity index (χ0v) is 13.6. The fourth-order valence-electron chi connectivity index (χ4n) is 2.81. The Balaban J connectivity index is 1.67. The number of nitrogens with zero attached hydrogens (tertiary/aromatic N) is 2.